The summed E-state index contributed by atoms with van der Waals surface area (Å²) in [6.07, 6.45) is 6.23. The molecule has 1 aliphatic rings. The van der Waals surface area contributed by atoms with Crippen molar-refractivity contribution in [3.05, 3.63) is 35.9 Å². The van der Waals surface area contributed by atoms with Crippen LogP contribution in [0.4, 0.5) is 11.4 Å². The highest BCUT2D eigenvalue weighted by atomic mass is 14.9. The van der Waals surface area contributed by atoms with Gasteiger partial charge in [-0.1, -0.05) is 38.7 Å². The predicted molar refractivity (Wildman–Crippen MR) is 84.2 cm³/mol. The Kier molecular flexibility index (Phi) is 5.50. The van der Waals surface area contributed by atoms with Gasteiger partial charge in [-0.2, -0.15) is 0 Å². The van der Waals surface area contributed by atoms with E-state index in [1.54, 1.807) is 0 Å². The van der Waals surface area contributed by atoms with E-state index in [0.717, 1.165) is 17.8 Å². The Hall–Kier alpha value is -1.70. The molecule has 0 amide bonds. The standard InChI is InChI=1S/C14H18N2.C2H6/c1-4-11-8-14-12(7-6-10(3)16-14)9-13(11)15-5-2;1-2/h4,6-10,15-16H,1,5H2,2-3H3;1-2H3. The Morgan fingerprint density at radius 1 is 1.39 bits per heavy atom. The third-order valence-electron chi connectivity index (χ3n) is 2.76. The molecule has 0 bridgehead atoms. The van der Waals surface area contributed by atoms with E-state index in [-0.39, 0.29) is 0 Å². The number of benzene rings is 1. The molecule has 0 saturated carbocycles. The number of nitrogens with one attached hydrogen (secondary N) is 2. The fourth-order valence-electron chi connectivity index (χ4n) is 1.95. The molecule has 98 valence electrons. The van der Waals surface area contributed by atoms with Crippen LogP contribution in [0, 0.1) is 0 Å². The first-order valence-corrected chi connectivity index (χ1v) is 6.73. The van der Waals surface area contributed by atoms with Crippen molar-refractivity contribution in [1.82, 2.24) is 0 Å². The molecule has 0 radical (unpaired) electrons. The van der Waals surface area contributed by atoms with Crippen LogP contribution in [0.5, 0.6) is 0 Å². The molecule has 0 saturated heterocycles. The van der Waals surface area contributed by atoms with Gasteiger partial charge in [0.05, 0.1) is 0 Å². The summed E-state index contributed by atoms with van der Waals surface area (Å²) in [5.41, 5.74) is 4.72. The molecule has 1 aliphatic heterocycles. The van der Waals surface area contributed by atoms with Gasteiger partial charge in [0.25, 0.3) is 0 Å². The van der Waals surface area contributed by atoms with Crippen LogP contribution in [0.25, 0.3) is 12.2 Å². The highest BCUT2D eigenvalue weighted by Gasteiger charge is 2.11. The molecule has 18 heavy (non-hydrogen) atoms. The van der Waals surface area contributed by atoms with Crippen molar-refractivity contribution in [2.75, 3.05) is 17.2 Å². The van der Waals surface area contributed by atoms with E-state index in [4.69, 9.17) is 0 Å². The Balaban J connectivity index is 0.000000771. The fraction of sp³-hybridized carbons (Fsp3) is 0.375. The summed E-state index contributed by atoms with van der Waals surface area (Å²) in [5, 5.41) is 6.80. The number of hydrogen-bond acceptors (Lipinski definition) is 2. The molecule has 0 fully saturated rings. The van der Waals surface area contributed by atoms with Crippen molar-refractivity contribution in [3.63, 3.8) is 0 Å². The Bertz CT molecular complexity index is 433. The number of fused-ring (bicyclic) bond motifs is 1. The van der Waals surface area contributed by atoms with Gasteiger partial charge in [-0.25, -0.2) is 0 Å². The maximum absolute atomic E-state index is 3.86. The molecule has 0 aromatic heterocycles. The van der Waals surface area contributed by atoms with Gasteiger partial charge >= 0.3 is 0 Å². The summed E-state index contributed by atoms with van der Waals surface area (Å²) in [6.45, 7) is 13.0. The molecule has 2 heteroatoms. The van der Waals surface area contributed by atoms with Gasteiger partial charge in [-0.3, -0.25) is 0 Å². The monoisotopic (exact) mass is 244 g/mol. The van der Waals surface area contributed by atoms with Gasteiger partial charge in [0, 0.05) is 24.0 Å². The van der Waals surface area contributed by atoms with Crippen molar-refractivity contribution in [2.24, 2.45) is 0 Å². The van der Waals surface area contributed by atoms with Crippen LogP contribution >= 0.6 is 0 Å². The summed E-state index contributed by atoms with van der Waals surface area (Å²) in [7, 11) is 0. The third-order valence-corrected chi connectivity index (χ3v) is 2.76. The highest BCUT2D eigenvalue weighted by molar-refractivity contribution is 5.80. The summed E-state index contributed by atoms with van der Waals surface area (Å²) in [4.78, 5) is 0. The molecule has 2 rings (SSSR count). The number of rotatable bonds is 3. The first kappa shape index (κ1) is 14.4. The lowest BCUT2D eigenvalue weighted by molar-refractivity contribution is 0.992. The van der Waals surface area contributed by atoms with E-state index in [1.807, 2.05) is 19.9 Å². The van der Waals surface area contributed by atoms with Gasteiger partial charge in [-0.15, -0.1) is 0 Å². The lowest BCUT2D eigenvalue weighted by Gasteiger charge is -2.21. The molecular weight excluding hydrogens is 220 g/mol. The molecule has 1 unspecified atom stereocenters. The lowest BCUT2D eigenvalue weighted by Crippen LogP contribution is -2.16. The molecule has 0 aliphatic carbocycles. The molecule has 2 nitrogen and oxygen atoms in total. The minimum Gasteiger partial charge on any atom is -0.385 e. The first-order chi connectivity index (χ1) is 8.74. The molecule has 2 N–H and O–H groups in total. The Morgan fingerprint density at radius 2 is 2.11 bits per heavy atom. The summed E-state index contributed by atoms with van der Waals surface area (Å²) >= 11 is 0. The largest absolute Gasteiger partial charge is 0.385 e. The van der Waals surface area contributed by atoms with Gasteiger partial charge in [0.2, 0.25) is 0 Å². The maximum Gasteiger partial charge on any atom is 0.0425 e. The average molecular weight is 244 g/mol. The summed E-state index contributed by atoms with van der Waals surface area (Å²) < 4.78 is 0. The van der Waals surface area contributed by atoms with Crippen LogP contribution in [0.2, 0.25) is 0 Å². The zero-order valence-electron chi connectivity index (χ0n) is 11.9. The number of anilines is 2. The molecule has 0 spiro atoms. The lowest BCUT2D eigenvalue weighted by atomic mass is 10.0. The normalized spacial score (nSPS) is 15.9. The maximum atomic E-state index is 3.86. The minimum atomic E-state index is 0.398. The molecule has 1 atom stereocenters. The van der Waals surface area contributed by atoms with E-state index < -0.39 is 0 Å². The summed E-state index contributed by atoms with van der Waals surface area (Å²) in [6, 6.07) is 4.72. The smallest absolute Gasteiger partial charge is 0.0425 e. The second-order valence-electron chi connectivity index (χ2n) is 4.05. The quantitative estimate of drug-likeness (QED) is 0.811. The van der Waals surface area contributed by atoms with Gasteiger partial charge < -0.3 is 10.6 Å². The van der Waals surface area contributed by atoms with Crippen LogP contribution in [-0.2, 0) is 0 Å². The van der Waals surface area contributed by atoms with E-state index in [2.05, 4.69) is 55.3 Å². The highest BCUT2D eigenvalue weighted by Crippen LogP contribution is 2.30. The second kappa shape index (κ2) is 6.90. The fourth-order valence-corrected chi connectivity index (χ4v) is 1.95. The molecule has 1 heterocycles. The Morgan fingerprint density at radius 3 is 2.72 bits per heavy atom. The molecule has 1 aromatic rings. The van der Waals surface area contributed by atoms with Crippen molar-refractivity contribution < 1.29 is 0 Å². The predicted octanol–water partition coefficient (Wildman–Crippen LogP) is 4.61. The SMILES string of the molecule is C=Cc1cc2c(cc1NCC)C=CC(C)N2.CC. The molecule has 1 aromatic carbocycles. The van der Waals surface area contributed by atoms with Crippen LogP contribution in [0.3, 0.4) is 0 Å². The van der Waals surface area contributed by atoms with Gasteiger partial charge in [0.15, 0.2) is 0 Å². The minimum absolute atomic E-state index is 0.398. The van der Waals surface area contributed by atoms with Crippen LogP contribution in [0.15, 0.2) is 24.8 Å². The van der Waals surface area contributed by atoms with Crippen LogP contribution < -0.4 is 10.6 Å². The first-order valence-electron chi connectivity index (χ1n) is 6.73. The van der Waals surface area contributed by atoms with Crippen molar-refractivity contribution in [3.8, 4) is 0 Å². The second-order valence-corrected chi connectivity index (χ2v) is 4.05. The average Bonchev–Trinajstić information content (AvgIpc) is 2.41. The van der Waals surface area contributed by atoms with Crippen molar-refractivity contribution >= 4 is 23.5 Å². The van der Waals surface area contributed by atoms with E-state index in [9.17, 15) is 0 Å². The van der Waals surface area contributed by atoms with Gasteiger partial charge in [-0.05, 0) is 37.1 Å². The van der Waals surface area contributed by atoms with Crippen LogP contribution in [-0.4, -0.2) is 12.6 Å². The zero-order chi connectivity index (χ0) is 13.5. The van der Waals surface area contributed by atoms with Crippen molar-refractivity contribution in [1.29, 1.82) is 0 Å². The van der Waals surface area contributed by atoms with Gasteiger partial charge in [0.1, 0.15) is 0 Å². The zero-order valence-corrected chi connectivity index (χ0v) is 11.9. The molecular formula is C16H24N2. The van der Waals surface area contributed by atoms with E-state index in [0.29, 0.717) is 6.04 Å². The summed E-state index contributed by atoms with van der Waals surface area (Å²) in [5.74, 6) is 0. The van der Waals surface area contributed by atoms with E-state index in [1.165, 1.54) is 11.3 Å². The third kappa shape index (κ3) is 3.16. The number of hydrogen-bond donors (Lipinski definition) is 2. The Labute approximate surface area is 111 Å². The van der Waals surface area contributed by atoms with Crippen molar-refractivity contribution in [2.45, 2.75) is 33.7 Å². The van der Waals surface area contributed by atoms with Crippen LogP contribution in [0.1, 0.15) is 38.8 Å². The topological polar surface area (TPSA) is 24.1 Å². The van der Waals surface area contributed by atoms with E-state index >= 15 is 0 Å².